The molecular formula is C7H8N4OS. The Labute approximate surface area is 79.4 Å². The smallest absolute Gasteiger partial charge is 0.246 e. The van der Waals surface area contributed by atoms with E-state index in [0.717, 1.165) is 0 Å². The Kier molecular flexibility index (Phi) is 1.97. The van der Waals surface area contributed by atoms with Gasteiger partial charge in [-0.1, -0.05) is 5.16 Å². The van der Waals surface area contributed by atoms with Crippen LogP contribution in [-0.2, 0) is 6.54 Å². The molecule has 6 heteroatoms. The molecule has 0 spiro atoms. The van der Waals surface area contributed by atoms with E-state index in [-0.39, 0.29) is 0 Å². The predicted octanol–water partition coefficient (Wildman–Crippen LogP) is 1.29. The van der Waals surface area contributed by atoms with E-state index in [0.29, 0.717) is 23.0 Å². The molecule has 0 aliphatic rings. The standard InChI is InChI=1S/C7H8N4OS/c1-5-9-6(12-10-5)4-11-3-2-8-7(11)13/h2-3H,4H2,1H3,(H,8,13). The molecule has 0 aliphatic carbocycles. The lowest BCUT2D eigenvalue weighted by Gasteiger charge is -1.94. The average Bonchev–Trinajstić information content (AvgIpc) is 2.64. The molecule has 0 amide bonds. The number of nitrogens with one attached hydrogen (secondary N) is 1. The zero-order chi connectivity index (χ0) is 9.26. The predicted molar refractivity (Wildman–Crippen MR) is 47.8 cm³/mol. The molecule has 13 heavy (non-hydrogen) atoms. The van der Waals surface area contributed by atoms with Gasteiger partial charge in [0, 0.05) is 12.4 Å². The van der Waals surface area contributed by atoms with Crippen LogP contribution in [0.15, 0.2) is 16.9 Å². The van der Waals surface area contributed by atoms with E-state index in [4.69, 9.17) is 16.7 Å². The average molecular weight is 196 g/mol. The first-order valence-corrected chi connectivity index (χ1v) is 4.19. The van der Waals surface area contributed by atoms with Crippen LogP contribution in [0.2, 0.25) is 0 Å². The third-order valence-electron chi connectivity index (χ3n) is 1.60. The first kappa shape index (κ1) is 8.18. The summed E-state index contributed by atoms with van der Waals surface area (Å²) in [5.74, 6) is 1.20. The monoisotopic (exact) mass is 196 g/mol. The first-order valence-electron chi connectivity index (χ1n) is 3.79. The van der Waals surface area contributed by atoms with Gasteiger partial charge in [0.05, 0.1) is 0 Å². The zero-order valence-corrected chi connectivity index (χ0v) is 7.84. The van der Waals surface area contributed by atoms with Crippen LogP contribution in [0.5, 0.6) is 0 Å². The number of rotatable bonds is 2. The summed E-state index contributed by atoms with van der Waals surface area (Å²) in [4.78, 5) is 6.95. The van der Waals surface area contributed by atoms with Gasteiger partial charge < -0.3 is 14.1 Å². The van der Waals surface area contributed by atoms with E-state index < -0.39 is 0 Å². The van der Waals surface area contributed by atoms with Gasteiger partial charge in [0.15, 0.2) is 10.6 Å². The number of aromatic amines is 1. The Morgan fingerprint density at radius 1 is 1.69 bits per heavy atom. The van der Waals surface area contributed by atoms with Crippen molar-refractivity contribution in [2.45, 2.75) is 13.5 Å². The van der Waals surface area contributed by atoms with Crippen LogP contribution in [0.3, 0.4) is 0 Å². The summed E-state index contributed by atoms with van der Waals surface area (Å²) in [6.45, 7) is 2.30. The molecule has 2 heterocycles. The van der Waals surface area contributed by atoms with Crippen molar-refractivity contribution in [3.05, 3.63) is 28.9 Å². The fourth-order valence-electron chi connectivity index (χ4n) is 1.02. The summed E-state index contributed by atoms with van der Waals surface area (Å²) in [6, 6.07) is 0. The van der Waals surface area contributed by atoms with Crippen LogP contribution in [0.1, 0.15) is 11.7 Å². The van der Waals surface area contributed by atoms with Gasteiger partial charge in [-0.15, -0.1) is 0 Å². The summed E-state index contributed by atoms with van der Waals surface area (Å²) < 4.78 is 7.42. The van der Waals surface area contributed by atoms with Crippen molar-refractivity contribution in [1.29, 1.82) is 0 Å². The second-order valence-corrected chi connectivity index (χ2v) is 3.02. The van der Waals surface area contributed by atoms with Crippen molar-refractivity contribution >= 4 is 12.2 Å². The number of hydrogen-bond donors (Lipinski definition) is 1. The minimum Gasteiger partial charge on any atom is -0.337 e. The van der Waals surface area contributed by atoms with Crippen molar-refractivity contribution in [3.63, 3.8) is 0 Å². The Hall–Kier alpha value is -1.43. The number of hydrogen-bond acceptors (Lipinski definition) is 4. The minimum absolute atomic E-state index is 0.517. The van der Waals surface area contributed by atoms with Gasteiger partial charge in [0.2, 0.25) is 5.89 Å². The van der Waals surface area contributed by atoms with E-state index >= 15 is 0 Å². The lowest BCUT2D eigenvalue weighted by Crippen LogP contribution is -1.98. The second-order valence-electron chi connectivity index (χ2n) is 2.63. The summed E-state index contributed by atoms with van der Waals surface area (Å²) in [7, 11) is 0. The fourth-order valence-corrected chi connectivity index (χ4v) is 1.22. The van der Waals surface area contributed by atoms with Crippen molar-refractivity contribution < 1.29 is 4.52 Å². The maximum atomic E-state index is 5.01. The van der Waals surface area contributed by atoms with Crippen molar-refractivity contribution in [1.82, 2.24) is 19.7 Å². The normalized spacial score (nSPS) is 10.5. The fraction of sp³-hybridized carbons (Fsp3) is 0.286. The zero-order valence-electron chi connectivity index (χ0n) is 7.02. The summed E-state index contributed by atoms with van der Waals surface area (Å²) >= 11 is 5.01. The second kappa shape index (κ2) is 3.14. The minimum atomic E-state index is 0.517. The molecule has 0 unspecified atom stereocenters. The molecule has 0 fully saturated rings. The number of imidazole rings is 1. The molecular weight excluding hydrogens is 188 g/mol. The maximum Gasteiger partial charge on any atom is 0.246 e. The van der Waals surface area contributed by atoms with Gasteiger partial charge in [-0.25, -0.2) is 0 Å². The van der Waals surface area contributed by atoms with E-state index in [9.17, 15) is 0 Å². The van der Waals surface area contributed by atoms with Crippen LogP contribution in [0.25, 0.3) is 0 Å². The van der Waals surface area contributed by atoms with Gasteiger partial charge in [-0.05, 0) is 19.1 Å². The molecule has 0 saturated carbocycles. The molecule has 0 aliphatic heterocycles. The molecule has 0 atom stereocenters. The van der Waals surface area contributed by atoms with Gasteiger partial charge in [-0.2, -0.15) is 4.98 Å². The van der Waals surface area contributed by atoms with E-state index in [1.165, 1.54) is 0 Å². The summed E-state index contributed by atoms with van der Waals surface area (Å²) in [6.07, 6.45) is 3.60. The number of nitrogens with zero attached hydrogens (tertiary/aromatic N) is 3. The van der Waals surface area contributed by atoms with Crippen LogP contribution in [0, 0.1) is 11.7 Å². The molecule has 2 aromatic rings. The first-order chi connectivity index (χ1) is 6.25. The number of H-pyrrole nitrogens is 1. The van der Waals surface area contributed by atoms with Crippen LogP contribution in [0.4, 0.5) is 0 Å². The van der Waals surface area contributed by atoms with E-state index in [1.807, 2.05) is 10.8 Å². The van der Waals surface area contributed by atoms with E-state index in [1.54, 1.807) is 13.1 Å². The van der Waals surface area contributed by atoms with Gasteiger partial charge >= 0.3 is 0 Å². The molecule has 1 N–H and O–H groups in total. The Morgan fingerprint density at radius 2 is 2.54 bits per heavy atom. The molecule has 5 nitrogen and oxygen atoms in total. The molecule has 2 aromatic heterocycles. The third kappa shape index (κ3) is 1.67. The molecule has 0 saturated heterocycles. The molecule has 0 radical (unpaired) electrons. The van der Waals surface area contributed by atoms with E-state index in [2.05, 4.69) is 15.1 Å². The highest BCUT2D eigenvalue weighted by molar-refractivity contribution is 7.71. The molecule has 68 valence electrons. The quantitative estimate of drug-likeness (QED) is 0.735. The summed E-state index contributed by atoms with van der Waals surface area (Å²) in [5, 5.41) is 3.68. The highest BCUT2D eigenvalue weighted by Gasteiger charge is 2.03. The van der Waals surface area contributed by atoms with Crippen molar-refractivity contribution in [3.8, 4) is 0 Å². The van der Waals surface area contributed by atoms with Crippen LogP contribution >= 0.6 is 12.2 Å². The lowest BCUT2D eigenvalue weighted by molar-refractivity contribution is 0.367. The number of aryl methyl sites for hydroxylation is 1. The SMILES string of the molecule is Cc1noc(Cn2cc[nH]c2=S)n1. The Morgan fingerprint density at radius 3 is 3.08 bits per heavy atom. The third-order valence-corrected chi connectivity index (χ3v) is 1.95. The molecule has 0 bridgehead atoms. The van der Waals surface area contributed by atoms with Gasteiger partial charge in [0.25, 0.3) is 0 Å². The van der Waals surface area contributed by atoms with Crippen LogP contribution in [-0.4, -0.2) is 19.7 Å². The maximum absolute atomic E-state index is 5.01. The molecule has 0 aromatic carbocycles. The highest BCUT2D eigenvalue weighted by atomic mass is 32.1. The van der Waals surface area contributed by atoms with Crippen molar-refractivity contribution in [2.24, 2.45) is 0 Å². The lowest BCUT2D eigenvalue weighted by atomic mass is 10.6. The van der Waals surface area contributed by atoms with Crippen LogP contribution < -0.4 is 0 Å². The number of aromatic nitrogens is 4. The Bertz CT molecular complexity index is 455. The topological polar surface area (TPSA) is 59.6 Å². The van der Waals surface area contributed by atoms with Crippen molar-refractivity contribution in [2.75, 3.05) is 0 Å². The molecule has 2 rings (SSSR count). The Balaban J connectivity index is 2.24. The highest BCUT2D eigenvalue weighted by Crippen LogP contribution is 2.00. The largest absolute Gasteiger partial charge is 0.337 e. The van der Waals surface area contributed by atoms with Gasteiger partial charge in [-0.3, -0.25) is 0 Å². The summed E-state index contributed by atoms with van der Waals surface area (Å²) in [5.41, 5.74) is 0. The van der Waals surface area contributed by atoms with Gasteiger partial charge in [0.1, 0.15) is 6.54 Å².